The molecule has 25 heavy (non-hydrogen) atoms. The number of carbonyl (C=O) groups excluding carboxylic acids is 2. The fourth-order valence-electron chi connectivity index (χ4n) is 2.82. The third-order valence-corrected chi connectivity index (χ3v) is 4.46. The molecule has 138 valence electrons. The number of rotatable bonds is 5. The van der Waals surface area contributed by atoms with Crippen molar-refractivity contribution in [3.63, 3.8) is 0 Å². The average molecular weight is 356 g/mol. The van der Waals surface area contributed by atoms with Crippen molar-refractivity contribution in [2.24, 2.45) is 11.8 Å². The summed E-state index contributed by atoms with van der Waals surface area (Å²) in [4.78, 5) is 26.0. The Morgan fingerprint density at radius 3 is 2.16 bits per heavy atom. The van der Waals surface area contributed by atoms with Crippen LogP contribution in [0.25, 0.3) is 0 Å². The quantitative estimate of drug-likeness (QED) is 0.882. The molecule has 1 aliphatic rings. The number of nitrogens with one attached hydrogen (secondary N) is 1. The van der Waals surface area contributed by atoms with E-state index in [1.807, 2.05) is 13.8 Å². The third-order valence-electron chi connectivity index (χ3n) is 4.46. The number of amides is 2. The van der Waals surface area contributed by atoms with E-state index in [9.17, 15) is 22.8 Å². The van der Waals surface area contributed by atoms with Gasteiger partial charge in [0, 0.05) is 20.0 Å². The summed E-state index contributed by atoms with van der Waals surface area (Å²) >= 11 is 0. The minimum Gasteiger partial charge on any atom is -0.347 e. The van der Waals surface area contributed by atoms with Gasteiger partial charge >= 0.3 is 6.18 Å². The zero-order valence-corrected chi connectivity index (χ0v) is 14.7. The lowest BCUT2D eigenvalue weighted by Gasteiger charge is -2.24. The van der Waals surface area contributed by atoms with E-state index in [2.05, 4.69) is 5.32 Å². The Morgan fingerprint density at radius 1 is 1.16 bits per heavy atom. The minimum atomic E-state index is -4.37. The Labute approximate surface area is 145 Å². The predicted molar refractivity (Wildman–Crippen MR) is 87.8 cm³/mol. The largest absolute Gasteiger partial charge is 0.416 e. The van der Waals surface area contributed by atoms with Crippen molar-refractivity contribution in [2.75, 3.05) is 14.1 Å². The zero-order valence-electron chi connectivity index (χ0n) is 14.7. The molecular formula is C18H23F3N2O2. The van der Waals surface area contributed by atoms with E-state index in [1.54, 1.807) is 14.1 Å². The molecule has 0 spiro atoms. The molecule has 4 nitrogen and oxygen atoms in total. The van der Waals surface area contributed by atoms with E-state index in [0.29, 0.717) is 12.0 Å². The van der Waals surface area contributed by atoms with Gasteiger partial charge in [-0.25, -0.2) is 0 Å². The van der Waals surface area contributed by atoms with Crippen molar-refractivity contribution in [3.05, 3.63) is 35.4 Å². The second kappa shape index (κ2) is 7.06. The lowest BCUT2D eigenvalue weighted by atomic mass is 10.0. The summed E-state index contributed by atoms with van der Waals surface area (Å²) in [7, 11) is 3.26. The maximum atomic E-state index is 12.6. The number of halogens is 3. The van der Waals surface area contributed by atoms with Crippen LogP contribution in [-0.2, 0) is 15.8 Å². The van der Waals surface area contributed by atoms with Gasteiger partial charge < -0.3 is 10.2 Å². The van der Waals surface area contributed by atoms with E-state index < -0.39 is 17.8 Å². The van der Waals surface area contributed by atoms with Crippen LogP contribution in [0.4, 0.5) is 13.2 Å². The van der Waals surface area contributed by atoms with E-state index in [4.69, 9.17) is 0 Å². The first-order valence-corrected chi connectivity index (χ1v) is 8.21. The van der Waals surface area contributed by atoms with Gasteiger partial charge in [-0.05, 0) is 36.0 Å². The number of likely N-dealkylation sites (N-methyl/N-ethyl adjacent to an activating group) is 1. The first-order chi connectivity index (χ1) is 11.5. The highest BCUT2D eigenvalue weighted by molar-refractivity contribution is 5.90. The van der Waals surface area contributed by atoms with E-state index >= 15 is 0 Å². The molecule has 3 atom stereocenters. The SMILES string of the molecule is CC(C)[C@H](NC(=O)[C@H]1C[C@@H]1c1ccc(C(F)(F)F)cc1)C(=O)N(C)C. The summed E-state index contributed by atoms with van der Waals surface area (Å²) in [6, 6.07) is 4.32. The molecule has 1 saturated carbocycles. The Balaban J connectivity index is 2.00. The number of hydrogen-bond acceptors (Lipinski definition) is 2. The van der Waals surface area contributed by atoms with Crippen LogP contribution in [0, 0.1) is 11.8 Å². The molecule has 2 rings (SSSR count). The molecule has 0 radical (unpaired) electrons. The second-order valence-electron chi connectivity index (χ2n) is 7.03. The summed E-state index contributed by atoms with van der Waals surface area (Å²) in [5.74, 6) is -0.839. The summed E-state index contributed by atoms with van der Waals surface area (Å²) in [6.07, 6.45) is -3.78. The molecule has 7 heteroatoms. The van der Waals surface area contributed by atoms with Crippen LogP contribution in [0.3, 0.4) is 0 Å². The van der Waals surface area contributed by atoms with E-state index in [1.165, 1.54) is 17.0 Å². The van der Waals surface area contributed by atoms with E-state index in [0.717, 1.165) is 12.1 Å². The molecular weight excluding hydrogens is 333 g/mol. The molecule has 0 unspecified atom stereocenters. The molecule has 1 fully saturated rings. The number of benzene rings is 1. The molecule has 1 aromatic rings. The van der Waals surface area contributed by atoms with Crippen molar-refractivity contribution in [3.8, 4) is 0 Å². The van der Waals surface area contributed by atoms with Crippen LogP contribution in [-0.4, -0.2) is 36.9 Å². The number of hydrogen-bond donors (Lipinski definition) is 1. The Hall–Kier alpha value is -2.05. The van der Waals surface area contributed by atoms with E-state index in [-0.39, 0.29) is 29.6 Å². The summed E-state index contributed by atoms with van der Waals surface area (Å²) in [5, 5.41) is 2.78. The molecule has 1 aliphatic carbocycles. The molecule has 0 saturated heterocycles. The van der Waals surface area contributed by atoms with Gasteiger partial charge in [-0.2, -0.15) is 13.2 Å². The van der Waals surface area contributed by atoms with Gasteiger partial charge in [0.15, 0.2) is 0 Å². The van der Waals surface area contributed by atoms with Gasteiger partial charge in [0.2, 0.25) is 11.8 Å². The normalized spacial score (nSPS) is 21.0. The fraction of sp³-hybridized carbons (Fsp3) is 0.556. The van der Waals surface area contributed by atoms with Crippen LogP contribution in [0.15, 0.2) is 24.3 Å². The van der Waals surface area contributed by atoms with Gasteiger partial charge in [0.05, 0.1) is 5.56 Å². The van der Waals surface area contributed by atoms with Crippen LogP contribution >= 0.6 is 0 Å². The molecule has 0 bridgehead atoms. The monoisotopic (exact) mass is 356 g/mol. The average Bonchev–Trinajstić information content (AvgIpc) is 3.31. The highest BCUT2D eigenvalue weighted by Gasteiger charge is 2.45. The van der Waals surface area contributed by atoms with Gasteiger partial charge in [-0.1, -0.05) is 26.0 Å². The van der Waals surface area contributed by atoms with Gasteiger partial charge in [0.25, 0.3) is 0 Å². The molecule has 1 aromatic carbocycles. The molecule has 2 amide bonds. The predicted octanol–water partition coefficient (Wildman–Crippen LogP) is 3.04. The number of nitrogens with zero attached hydrogens (tertiary/aromatic N) is 1. The Bertz CT molecular complexity index is 639. The number of carbonyl (C=O) groups is 2. The van der Waals surface area contributed by atoms with Gasteiger partial charge in [0.1, 0.15) is 6.04 Å². The van der Waals surface area contributed by atoms with Crippen molar-refractivity contribution in [2.45, 2.75) is 38.4 Å². The maximum absolute atomic E-state index is 12.6. The first kappa shape index (κ1) is 19.3. The van der Waals surface area contributed by atoms with Crippen LogP contribution in [0.2, 0.25) is 0 Å². The van der Waals surface area contributed by atoms with Crippen LogP contribution in [0.5, 0.6) is 0 Å². The number of alkyl halides is 3. The molecule has 0 aliphatic heterocycles. The summed E-state index contributed by atoms with van der Waals surface area (Å²) in [6.45, 7) is 3.71. The van der Waals surface area contributed by atoms with Gasteiger partial charge in [-0.3, -0.25) is 9.59 Å². The van der Waals surface area contributed by atoms with Gasteiger partial charge in [-0.15, -0.1) is 0 Å². The Kier molecular flexibility index (Phi) is 5.44. The highest BCUT2D eigenvalue weighted by atomic mass is 19.4. The lowest BCUT2D eigenvalue weighted by molar-refractivity contribution is -0.137. The summed E-state index contributed by atoms with van der Waals surface area (Å²) < 4.78 is 37.8. The molecule has 1 N–H and O–H groups in total. The maximum Gasteiger partial charge on any atom is 0.416 e. The fourth-order valence-corrected chi connectivity index (χ4v) is 2.82. The molecule has 0 aromatic heterocycles. The smallest absolute Gasteiger partial charge is 0.347 e. The lowest BCUT2D eigenvalue weighted by Crippen LogP contribution is -2.49. The minimum absolute atomic E-state index is 0.0536. The van der Waals surface area contributed by atoms with Crippen LogP contribution < -0.4 is 5.32 Å². The van der Waals surface area contributed by atoms with Crippen molar-refractivity contribution >= 4 is 11.8 Å². The second-order valence-corrected chi connectivity index (χ2v) is 7.03. The van der Waals surface area contributed by atoms with Crippen molar-refractivity contribution in [1.29, 1.82) is 0 Å². The Morgan fingerprint density at radius 2 is 1.72 bits per heavy atom. The van der Waals surface area contributed by atoms with Crippen molar-refractivity contribution in [1.82, 2.24) is 10.2 Å². The standard InChI is InChI=1S/C18H23F3N2O2/c1-10(2)15(17(25)23(3)4)22-16(24)14-9-13(14)11-5-7-12(8-6-11)18(19,20)21/h5-8,10,13-15H,9H2,1-4H3,(H,22,24)/t13-,14+,15+/m1/s1. The third kappa shape index (κ3) is 4.52. The summed E-state index contributed by atoms with van der Waals surface area (Å²) in [5.41, 5.74) is 0.0162. The van der Waals surface area contributed by atoms with Crippen molar-refractivity contribution < 1.29 is 22.8 Å². The zero-order chi connectivity index (χ0) is 18.9. The molecule has 0 heterocycles. The van der Waals surface area contributed by atoms with Crippen LogP contribution in [0.1, 0.15) is 37.3 Å². The first-order valence-electron chi connectivity index (χ1n) is 8.21. The topological polar surface area (TPSA) is 49.4 Å². The highest BCUT2D eigenvalue weighted by Crippen LogP contribution is 2.48.